The average molecular weight is 328 g/mol. The normalized spacial score (nSPS) is 15.3. The second kappa shape index (κ2) is 6.35. The molecule has 7 heteroatoms. The van der Waals surface area contributed by atoms with Crippen molar-refractivity contribution in [1.82, 2.24) is 15.4 Å². The minimum Gasteiger partial charge on any atom is -0.364 e. The Morgan fingerprint density at radius 2 is 2.21 bits per heavy atom. The Kier molecular flexibility index (Phi) is 4.24. The number of carbonyl (C=O) groups is 2. The Hall–Kier alpha value is -2.83. The van der Waals surface area contributed by atoms with Gasteiger partial charge in [-0.2, -0.15) is 0 Å². The molecule has 1 aliphatic heterocycles. The van der Waals surface area contributed by atoms with Crippen LogP contribution in [0.3, 0.4) is 0 Å². The number of carbonyl (C=O) groups excluding carboxylic acids is 2. The summed E-state index contributed by atoms with van der Waals surface area (Å²) in [4.78, 5) is 28.0. The Morgan fingerprint density at radius 3 is 2.83 bits per heavy atom. The van der Waals surface area contributed by atoms with Gasteiger partial charge in [0.1, 0.15) is 12.0 Å². The van der Waals surface area contributed by atoms with Gasteiger partial charge in [0.05, 0.1) is 6.04 Å². The fourth-order valence-electron chi connectivity index (χ4n) is 2.75. The van der Waals surface area contributed by atoms with Crippen LogP contribution in [0.1, 0.15) is 34.6 Å². The van der Waals surface area contributed by atoms with Crippen LogP contribution in [-0.2, 0) is 0 Å². The first-order valence-electron chi connectivity index (χ1n) is 7.82. The number of hydrogen-bond donors (Lipinski definition) is 1. The highest BCUT2D eigenvalue weighted by Gasteiger charge is 2.25. The van der Waals surface area contributed by atoms with Crippen molar-refractivity contribution in [1.29, 1.82) is 0 Å². The highest BCUT2D eigenvalue weighted by Crippen LogP contribution is 2.25. The van der Waals surface area contributed by atoms with Gasteiger partial charge >= 0.3 is 6.03 Å². The van der Waals surface area contributed by atoms with Crippen LogP contribution in [0, 0.1) is 6.92 Å². The highest BCUT2D eigenvalue weighted by atomic mass is 16.5. The van der Waals surface area contributed by atoms with Crippen LogP contribution in [0.25, 0.3) is 0 Å². The maximum absolute atomic E-state index is 12.8. The molecular weight excluding hydrogens is 308 g/mol. The largest absolute Gasteiger partial charge is 0.364 e. The van der Waals surface area contributed by atoms with Crippen molar-refractivity contribution in [3.8, 4) is 0 Å². The molecule has 1 saturated heterocycles. The molecule has 0 aliphatic carbocycles. The lowest BCUT2D eigenvalue weighted by atomic mass is 10.1. The van der Waals surface area contributed by atoms with Gasteiger partial charge < -0.3 is 14.7 Å². The third-order valence-electron chi connectivity index (χ3n) is 4.39. The SMILES string of the molecule is Cc1ccc(C(=O)N(C)[C@@H](C)c2ccon2)cc1N1CCNC1=O. The minimum absolute atomic E-state index is 0.132. The van der Waals surface area contributed by atoms with Crippen molar-refractivity contribution in [3.63, 3.8) is 0 Å². The number of amides is 3. The van der Waals surface area contributed by atoms with Gasteiger partial charge in [0.15, 0.2) is 0 Å². The quantitative estimate of drug-likeness (QED) is 0.934. The van der Waals surface area contributed by atoms with E-state index in [0.717, 1.165) is 11.3 Å². The summed E-state index contributed by atoms with van der Waals surface area (Å²) in [6, 6.07) is 6.81. The van der Waals surface area contributed by atoms with E-state index in [2.05, 4.69) is 10.5 Å². The van der Waals surface area contributed by atoms with E-state index in [1.165, 1.54) is 6.26 Å². The van der Waals surface area contributed by atoms with E-state index in [9.17, 15) is 9.59 Å². The van der Waals surface area contributed by atoms with E-state index in [0.29, 0.717) is 24.3 Å². The van der Waals surface area contributed by atoms with E-state index >= 15 is 0 Å². The second-order valence-corrected chi connectivity index (χ2v) is 5.90. The first-order valence-corrected chi connectivity index (χ1v) is 7.82. The number of aryl methyl sites for hydroxylation is 1. The second-order valence-electron chi connectivity index (χ2n) is 5.90. The number of anilines is 1. The topological polar surface area (TPSA) is 78.7 Å². The first-order chi connectivity index (χ1) is 11.5. The number of rotatable bonds is 4. The van der Waals surface area contributed by atoms with Gasteiger partial charge in [-0.25, -0.2) is 4.79 Å². The van der Waals surface area contributed by atoms with Crippen LogP contribution in [-0.4, -0.2) is 42.1 Å². The van der Waals surface area contributed by atoms with E-state index < -0.39 is 0 Å². The van der Waals surface area contributed by atoms with E-state index in [4.69, 9.17) is 4.52 Å². The number of benzene rings is 1. The zero-order valence-electron chi connectivity index (χ0n) is 13.9. The van der Waals surface area contributed by atoms with Crippen LogP contribution >= 0.6 is 0 Å². The molecule has 24 heavy (non-hydrogen) atoms. The van der Waals surface area contributed by atoms with Gasteiger partial charge in [-0.05, 0) is 31.5 Å². The zero-order chi connectivity index (χ0) is 17.3. The number of urea groups is 1. The smallest absolute Gasteiger partial charge is 0.322 e. The minimum atomic E-state index is -0.212. The summed E-state index contributed by atoms with van der Waals surface area (Å²) in [5, 5.41) is 6.66. The molecule has 1 atom stereocenters. The van der Waals surface area contributed by atoms with Crippen LogP contribution < -0.4 is 10.2 Å². The number of aromatic nitrogens is 1. The number of hydrogen-bond acceptors (Lipinski definition) is 4. The molecule has 2 aromatic rings. The van der Waals surface area contributed by atoms with Gasteiger partial charge in [-0.1, -0.05) is 11.2 Å². The van der Waals surface area contributed by atoms with Gasteiger partial charge in [-0.3, -0.25) is 9.69 Å². The first kappa shape index (κ1) is 16.0. The lowest BCUT2D eigenvalue weighted by Gasteiger charge is -2.24. The van der Waals surface area contributed by atoms with Crippen molar-refractivity contribution in [3.05, 3.63) is 47.3 Å². The molecule has 0 radical (unpaired) electrons. The molecule has 1 N–H and O–H groups in total. The molecule has 0 bridgehead atoms. The van der Waals surface area contributed by atoms with Crippen molar-refractivity contribution in [2.45, 2.75) is 19.9 Å². The van der Waals surface area contributed by atoms with E-state index in [1.54, 1.807) is 35.0 Å². The summed E-state index contributed by atoms with van der Waals surface area (Å²) in [6.45, 7) is 5.03. The van der Waals surface area contributed by atoms with Gasteiger partial charge in [0, 0.05) is 37.5 Å². The van der Waals surface area contributed by atoms with Gasteiger partial charge in [-0.15, -0.1) is 0 Å². The Labute approximate surface area is 140 Å². The predicted octanol–water partition coefficient (Wildman–Crippen LogP) is 2.35. The third-order valence-corrected chi connectivity index (χ3v) is 4.39. The molecule has 0 unspecified atom stereocenters. The van der Waals surface area contributed by atoms with Crippen LogP contribution in [0.4, 0.5) is 10.5 Å². The Morgan fingerprint density at radius 1 is 1.42 bits per heavy atom. The maximum Gasteiger partial charge on any atom is 0.322 e. The molecule has 0 saturated carbocycles. The van der Waals surface area contributed by atoms with Gasteiger partial charge in [0.2, 0.25) is 0 Å². The lowest BCUT2D eigenvalue weighted by molar-refractivity contribution is 0.0737. The molecule has 3 rings (SSSR count). The molecule has 126 valence electrons. The summed E-state index contributed by atoms with van der Waals surface area (Å²) in [5.74, 6) is -0.133. The highest BCUT2D eigenvalue weighted by molar-refractivity contribution is 5.99. The standard InChI is InChI=1S/C17H20N4O3/c1-11-4-5-13(10-15(11)21-8-7-18-17(21)23)16(22)20(3)12(2)14-6-9-24-19-14/h4-6,9-10,12H,7-8H2,1-3H3,(H,18,23)/t12-/m0/s1. The molecule has 0 spiro atoms. The fraction of sp³-hybridized carbons (Fsp3) is 0.353. The lowest BCUT2D eigenvalue weighted by Crippen LogP contribution is -2.31. The zero-order valence-corrected chi connectivity index (χ0v) is 13.9. The summed E-state index contributed by atoms with van der Waals surface area (Å²) in [6.07, 6.45) is 1.49. The molecule has 3 amide bonds. The van der Waals surface area contributed by atoms with Crippen LogP contribution in [0.5, 0.6) is 0 Å². The summed E-state index contributed by atoms with van der Waals surface area (Å²) < 4.78 is 4.85. The van der Waals surface area contributed by atoms with Crippen LogP contribution in [0.2, 0.25) is 0 Å². The Bertz CT molecular complexity index is 757. The van der Waals surface area contributed by atoms with Crippen LogP contribution in [0.15, 0.2) is 35.1 Å². The molecule has 1 fully saturated rings. The van der Waals surface area contributed by atoms with Crippen molar-refractivity contribution in [2.75, 3.05) is 25.0 Å². The van der Waals surface area contributed by atoms with Crippen molar-refractivity contribution >= 4 is 17.6 Å². The molecule has 2 heterocycles. The maximum atomic E-state index is 12.8. The predicted molar refractivity (Wildman–Crippen MR) is 88.9 cm³/mol. The van der Waals surface area contributed by atoms with Crippen molar-refractivity contribution in [2.24, 2.45) is 0 Å². The molecular formula is C17H20N4O3. The monoisotopic (exact) mass is 328 g/mol. The van der Waals surface area contributed by atoms with E-state index in [-0.39, 0.29) is 18.0 Å². The summed E-state index contributed by atoms with van der Waals surface area (Å²) in [7, 11) is 1.73. The van der Waals surface area contributed by atoms with E-state index in [1.807, 2.05) is 19.9 Å². The number of nitrogens with one attached hydrogen (secondary N) is 1. The van der Waals surface area contributed by atoms with Gasteiger partial charge in [0.25, 0.3) is 5.91 Å². The number of nitrogens with zero attached hydrogens (tertiary/aromatic N) is 3. The molecule has 1 aromatic carbocycles. The van der Waals surface area contributed by atoms with Crippen molar-refractivity contribution < 1.29 is 14.1 Å². The Balaban J connectivity index is 1.86. The molecule has 1 aliphatic rings. The summed E-state index contributed by atoms with van der Waals surface area (Å²) in [5.41, 5.74) is 2.94. The average Bonchev–Trinajstić information content (AvgIpc) is 3.25. The third kappa shape index (κ3) is 2.84. The summed E-state index contributed by atoms with van der Waals surface area (Å²) >= 11 is 0. The fourth-order valence-corrected chi connectivity index (χ4v) is 2.75. The molecule has 1 aromatic heterocycles. The molecule has 7 nitrogen and oxygen atoms in total.